The molecule has 2 rings (SSSR count). The molecular formula is C12H20N2O. The van der Waals surface area contributed by atoms with Crippen molar-refractivity contribution in [2.45, 2.75) is 39.7 Å². The Bertz CT molecular complexity index is 330. The van der Waals surface area contributed by atoms with Crippen LogP contribution in [-0.2, 0) is 19.4 Å². The van der Waals surface area contributed by atoms with E-state index in [0.717, 1.165) is 25.8 Å². The van der Waals surface area contributed by atoms with E-state index in [2.05, 4.69) is 23.4 Å². The molecule has 0 amide bonds. The van der Waals surface area contributed by atoms with E-state index >= 15 is 0 Å². The summed E-state index contributed by atoms with van der Waals surface area (Å²) in [6, 6.07) is 0. The van der Waals surface area contributed by atoms with Crippen LogP contribution in [0.3, 0.4) is 0 Å². The van der Waals surface area contributed by atoms with Gasteiger partial charge >= 0.3 is 0 Å². The van der Waals surface area contributed by atoms with Crippen molar-refractivity contribution >= 4 is 0 Å². The SMILES string of the molecule is CC(C)Cc1ncc2n1CCC(CO)C2. The highest BCUT2D eigenvalue weighted by Gasteiger charge is 2.20. The van der Waals surface area contributed by atoms with Gasteiger partial charge in [0.25, 0.3) is 0 Å². The molecule has 2 heterocycles. The summed E-state index contributed by atoms with van der Waals surface area (Å²) in [5.74, 6) is 2.32. The summed E-state index contributed by atoms with van der Waals surface area (Å²) in [7, 11) is 0. The predicted octanol–water partition coefficient (Wildman–Crippen LogP) is 1.64. The largest absolute Gasteiger partial charge is 0.396 e. The molecule has 0 saturated heterocycles. The van der Waals surface area contributed by atoms with Gasteiger partial charge in [-0.05, 0) is 24.7 Å². The van der Waals surface area contributed by atoms with Crippen LogP contribution >= 0.6 is 0 Å². The Morgan fingerprint density at radius 3 is 3.07 bits per heavy atom. The van der Waals surface area contributed by atoms with Crippen LogP contribution in [0.15, 0.2) is 6.20 Å². The first kappa shape index (κ1) is 10.7. The molecule has 1 unspecified atom stereocenters. The molecule has 3 nitrogen and oxygen atoms in total. The molecule has 0 radical (unpaired) electrons. The zero-order valence-corrected chi connectivity index (χ0v) is 9.61. The lowest BCUT2D eigenvalue weighted by Gasteiger charge is -2.23. The molecule has 1 N–H and O–H groups in total. The summed E-state index contributed by atoms with van der Waals surface area (Å²) in [4.78, 5) is 4.49. The molecule has 1 aliphatic rings. The summed E-state index contributed by atoms with van der Waals surface area (Å²) in [6.07, 6.45) is 5.12. The Balaban J connectivity index is 2.15. The minimum Gasteiger partial charge on any atom is -0.396 e. The van der Waals surface area contributed by atoms with Gasteiger partial charge in [-0.2, -0.15) is 0 Å². The number of hydrogen-bond donors (Lipinski definition) is 1. The van der Waals surface area contributed by atoms with Crippen molar-refractivity contribution in [2.24, 2.45) is 11.8 Å². The first-order valence-corrected chi connectivity index (χ1v) is 5.84. The summed E-state index contributed by atoms with van der Waals surface area (Å²) < 4.78 is 2.34. The van der Waals surface area contributed by atoms with Gasteiger partial charge in [-0.1, -0.05) is 13.8 Å². The van der Waals surface area contributed by atoms with Crippen LogP contribution in [0.25, 0.3) is 0 Å². The van der Waals surface area contributed by atoms with Crippen molar-refractivity contribution < 1.29 is 5.11 Å². The summed E-state index contributed by atoms with van der Waals surface area (Å²) >= 11 is 0. The third kappa shape index (κ3) is 2.23. The number of aliphatic hydroxyl groups is 1. The fourth-order valence-electron chi connectivity index (χ4n) is 2.28. The number of aromatic nitrogens is 2. The summed E-state index contributed by atoms with van der Waals surface area (Å²) in [5, 5.41) is 9.14. The van der Waals surface area contributed by atoms with E-state index in [9.17, 15) is 0 Å². The number of aliphatic hydroxyl groups excluding tert-OH is 1. The van der Waals surface area contributed by atoms with Crippen molar-refractivity contribution in [3.05, 3.63) is 17.7 Å². The van der Waals surface area contributed by atoms with E-state index in [-0.39, 0.29) is 0 Å². The molecule has 1 aromatic rings. The molecule has 1 atom stereocenters. The number of hydrogen-bond acceptors (Lipinski definition) is 2. The van der Waals surface area contributed by atoms with Crippen molar-refractivity contribution in [3.63, 3.8) is 0 Å². The maximum atomic E-state index is 9.14. The summed E-state index contributed by atoms with van der Waals surface area (Å²) in [6.45, 7) is 5.79. The highest BCUT2D eigenvalue weighted by atomic mass is 16.3. The maximum absolute atomic E-state index is 9.14. The van der Waals surface area contributed by atoms with Crippen LogP contribution in [0.1, 0.15) is 31.8 Å². The Labute approximate surface area is 91.1 Å². The van der Waals surface area contributed by atoms with Gasteiger partial charge in [0.15, 0.2) is 0 Å². The van der Waals surface area contributed by atoms with Crippen LogP contribution in [0, 0.1) is 11.8 Å². The van der Waals surface area contributed by atoms with Crippen molar-refractivity contribution in [1.82, 2.24) is 9.55 Å². The second-order valence-corrected chi connectivity index (χ2v) is 4.96. The van der Waals surface area contributed by atoms with Gasteiger partial charge in [0.1, 0.15) is 5.82 Å². The molecule has 15 heavy (non-hydrogen) atoms. The lowest BCUT2D eigenvalue weighted by molar-refractivity contribution is 0.200. The summed E-state index contributed by atoms with van der Waals surface area (Å²) in [5.41, 5.74) is 1.30. The van der Waals surface area contributed by atoms with E-state index < -0.39 is 0 Å². The van der Waals surface area contributed by atoms with Gasteiger partial charge in [0.2, 0.25) is 0 Å². The highest BCUT2D eigenvalue weighted by molar-refractivity contribution is 5.09. The monoisotopic (exact) mass is 208 g/mol. The average Bonchev–Trinajstić information content (AvgIpc) is 2.60. The third-order valence-corrected chi connectivity index (χ3v) is 3.13. The van der Waals surface area contributed by atoms with Crippen LogP contribution in [0.2, 0.25) is 0 Å². The first-order chi connectivity index (χ1) is 7.20. The lowest BCUT2D eigenvalue weighted by atomic mass is 9.97. The van der Waals surface area contributed by atoms with E-state index in [1.54, 1.807) is 0 Å². The molecule has 0 bridgehead atoms. The molecule has 1 aliphatic heterocycles. The average molecular weight is 208 g/mol. The standard InChI is InChI=1S/C12H20N2O/c1-9(2)5-12-13-7-11-6-10(8-15)3-4-14(11)12/h7,9-10,15H,3-6,8H2,1-2H3. The van der Waals surface area contributed by atoms with E-state index in [1.165, 1.54) is 11.5 Å². The van der Waals surface area contributed by atoms with Crippen LogP contribution in [-0.4, -0.2) is 21.3 Å². The number of fused-ring (bicyclic) bond motifs is 1. The fourth-order valence-corrected chi connectivity index (χ4v) is 2.28. The molecule has 0 aliphatic carbocycles. The Morgan fingerprint density at radius 1 is 1.60 bits per heavy atom. The lowest BCUT2D eigenvalue weighted by Crippen LogP contribution is -2.22. The van der Waals surface area contributed by atoms with Crippen molar-refractivity contribution in [1.29, 1.82) is 0 Å². The zero-order chi connectivity index (χ0) is 10.8. The topological polar surface area (TPSA) is 38.0 Å². The number of nitrogens with zero attached hydrogens (tertiary/aromatic N) is 2. The minimum atomic E-state index is 0.310. The zero-order valence-electron chi connectivity index (χ0n) is 9.61. The number of imidazole rings is 1. The normalized spacial score (nSPS) is 20.7. The van der Waals surface area contributed by atoms with Gasteiger partial charge in [-0.15, -0.1) is 0 Å². The highest BCUT2D eigenvalue weighted by Crippen LogP contribution is 2.22. The van der Waals surface area contributed by atoms with Gasteiger partial charge < -0.3 is 9.67 Å². The quantitative estimate of drug-likeness (QED) is 0.820. The Hall–Kier alpha value is -0.830. The van der Waals surface area contributed by atoms with Crippen LogP contribution in [0.5, 0.6) is 0 Å². The van der Waals surface area contributed by atoms with Crippen molar-refractivity contribution in [3.8, 4) is 0 Å². The van der Waals surface area contributed by atoms with Gasteiger partial charge in [-0.3, -0.25) is 0 Å². The molecule has 3 heteroatoms. The van der Waals surface area contributed by atoms with E-state index in [0.29, 0.717) is 18.4 Å². The van der Waals surface area contributed by atoms with Gasteiger partial charge in [-0.25, -0.2) is 4.98 Å². The number of rotatable bonds is 3. The molecule has 0 aromatic carbocycles. The van der Waals surface area contributed by atoms with Crippen molar-refractivity contribution in [2.75, 3.05) is 6.61 Å². The molecule has 0 fully saturated rings. The molecular weight excluding hydrogens is 188 g/mol. The second kappa shape index (κ2) is 4.35. The first-order valence-electron chi connectivity index (χ1n) is 5.84. The van der Waals surface area contributed by atoms with Crippen LogP contribution in [0.4, 0.5) is 0 Å². The van der Waals surface area contributed by atoms with Gasteiger partial charge in [0, 0.05) is 31.5 Å². The molecule has 1 aromatic heterocycles. The third-order valence-electron chi connectivity index (χ3n) is 3.13. The minimum absolute atomic E-state index is 0.310. The van der Waals surface area contributed by atoms with Gasteiger partial charge in [0.05, 0.1) is 0 Å². The van der Waals surface area contributed by atoms with E-state index in [1.807, 2.05) is 6.20 Å². The smallest absolute Gasteiger partial charge is 0.109 e. The Kier molecular flexibility index (Phi) is 3.10. The van der Waals surface area contributed by atoms with E-state index in [4.69, 9.17) is 5.11 Å². The molecule has 0 saturated carbocycles. The predicted molar refractivity (Wildman–Crippen MR) is 59.7 cm³/mol. The van der Waals surface area contributed by atoms with Crippen LogP contribution < -0.4 is 0 Å². The Morgan fingerprint density at radius 2 is 2.40 bits per heavy atom. The maximum Gasteiger partial charge on any atom is 0.109 e. The second-order valence-electron chi connectivity index (χ2n) is 4.96. The molecule has 0 spiro atoms. The fraction of sp³-hybridized carbons (Fsp3) is 0.750. The molecule has 84 valence electrons.